The second-order valence-corrected chi connectivity index (χ2v) is 3.10. The maximum absolute atomic E-state index is 11.0. The van der Waals surface area contributed by atoms with Crippen LogP contribution in [0.1, 0.15) is 20.8 Å². The van der Waals surface area contributed by atoms with Crippen LogP contribution in [0, 0.1) is 5.41 Å². The van der Waals surface area contributed by atoms with Crippen LogP contribution in [-0.2, 0) is 14.3 Å². The summed E-state index contributed by atoms with van der Waals surface area (Å²) >= 11 is 0. The fourth-order valence-corrected chi connectivity index (χ4v) is 0.809. The van der Waals surface area contributed by atoms with Crippen LogP contribution in [0.25, 0.3) is 0 Å². The van der Waals surface area contributed by atoms with Crippen LogP contribution >= 0.6 is 0 Å². The van der Waals surface area contributed by atoms with Gasteiger partial charge in [-0.1, -0.05) is 0 Å². The molecule has 0 aliphatic carbocycles. The molecule has 0 aromatic rings. The zero-order valence-corrected chi connectivity index (χ0v) is 6.30. The first-order valence-corrected chi connectivity index (χ1v) is 3.21. The molecule has 1 heterocycles. The SMILES string of the molecule is CC1OC(=O)C(=O)C1(C)C. The Morgan fingerprint density at radius 2 is 1.90 bits per heavy atom. The summed E-state index contributed by atoms with van der Waals surface area (Å²) in [7, 11) is 0. The van der Waals surface area contributed by atoms with Gasteiger partial charge in [0.05, 0.1) is 5.41 Å². The lowest BCUT2D eigenvalue weighted by molar-refractivity contribution is -0.148. The number of carbonyl (C=O) groups excluding carboxylic acids is 2. The maximum Gasteiger partial charge on any atom is 0.375 e. The van der Waals surface area contributed by atoms with Crippen molar-refractivity contribution in [2.24, 2.45) is 5.41 Å². The molecule has 0 aromatic heterocycles. The molecule has 1 aliphatic rings. The van der Waals surface area contributed by atoms with Crippen LogP contribution in [0.5, 0.6) is 0 Å². The third-order valence-corrected chi connectivity index (χ3v) is 2.07. The minimum Gasteiger partial charge on any atom is -0.456 e. The first-order chi connectivity index (χ1) is 4.46. The number of carbonyl (C=O) groups is 2. The van der Waals surface area contributed by atoms with E-state index < -0.39 is 17.2 Å². The van der Waals surface area contributed by atoms with Crippen LogP contribution in [0.3, 0.4) is 0 Å². The van der Waals surface area contributed by atoms with Gasteiger partial charge in [-0.15, -0.1) is 0 Å². The van der Waals surface area contributed by atoms with Crippen molar-refractivity contribution in [3.63, 3.8) is 0 Å². The summed E-state index contributed by atoms with van der Waals surface area (Å²) < 4.78 is 4.70. The van der Waals surface area contributed by atoms with Crippen LogP contribution in [0.4, 0.5) is 0 Å². The molecule has 1 unspecified atom stereocenters. The summed E-state index contributed by atoms with van der Waals surface area (Å²) in [5.41, 5.74) is -0.628. The molecule has 1 fully saturated rings. The van der Waals surface area contributed by atoms with E-state index in [0.29, 0.717) is 0 Å². The van der Waals surface area contributed by atoms with Crippen LogP contribution in [0.15, 0.2) is 0 Å². The first-order valence-electron chi connectivity index (χ1n) is 3.21. The minimum atomic E-state index is -0.697. The number of ether oxygens (including phenoxy) is 1. The third-order valence-electron chi connectivity index (χ3n) is 2.07. The normalized spacial score (nSPS) is 30.5. The second-order valence-electron chi connectivity index (χ2n) is 3.10. The molecule has 1 rings (SSSR count). The van der Waals surface area contributed by atoms with Crippen LogP contribution in [0.2, 0.25) is 0 Å². The van der Waals surface area contributed by atoms with Crippen molar-refractivity contribution >= 4 is 11.8 Å². The largest absolute Gasteiger partial charge is 0.456 e. The average molecular weight is 142 g/mol. The smallest absolute Gasteiger partial charge is 0.375 e. The number of hydrogen-bond donors (Lipinski definition) is 0. The molecule has 1 atom stereocenters. The summed E-state index contributed by atoms with van der Waals surface area (Å²) in [6, 6.07) is 0. The molecular weight excluding hydrogens is 132 g/mol. The van der Waals surface area contributed by atoms with Crippen molar-refractivity contribution in [2.45, 2.75) is 26.9 Å². The summed E-state index contributed by atoms with van der Waals surface area (Å²) in [5.74, 6) is -1.11. The topological polar surface area (TPSA) is 43.4 Å². The molecule has 0 aromatic carbocycles. The molecule has 3 nitrogen and oxygen atoms in total. The zero-order valence-electron chi connectivity index (χ0n) is 6.30. The van der Waals surface area contributed by atoms with E-state index in [1.54, 1.807) is 20.8 Å². The van der Waals surface area contributed by atoms with E-state index in [1.807, 2.05) is 0 Å². The van der Waals surface area contributed by atoms with Gasteiger partial charge in [0, 0.05) is 0 Å². The van der Waals surface area contributed by atoms with E-state index in [1.165, 1.54) is 0 Å². The van der Waals surface area contributed by atoms with Gasteiger partial charge in [-0.3, -0.25) is 4.79 Å². The summed E-state index contributed by atoms with van der Waals surface area (Å²) in [6.07, 6.45) is -0.285. The Hall–Kier alpha value is -0.860. The van der Waals surface area contributed by atoms with Crippen molar-refractivity contribution < 1.29 is 14.3 Å². The molecule has 0 bridgehead atoms. The molecular formula is C7H10O3. The molecule has 0 saturated carbocycles. The van der Waals surface area contributed by atoms with Crippen LogP contribution in [-0.4, -0.2) is 17.9 Å². The van der Waals surface area contributed by atoms with E-state index in [0.717, 1.165) is 0 Å². The Kier molecular flexibility index (Phi) is 1.31. The lowest BCUT2D eigenvalue weighted by Crippen LogP contribution is -2.28. The van der Waals surface area contributed by atoms with Crippen molar-refractivity contribution in [3.8, 4) is 0 Å². The predicted octanol–water partition coefficient (Wildman–Crippen LogP) is 0.527. The number of rotatable bonds is 0. The highest BCUT2D eigenvalue weighted by molar-refractivity contribution is 6.37. The molecule has 3 heteroatoms. The van der Waals surface area contributed by atoms with Crippen molar-refractivity contribution in [1.82, 2.24) is 0 Å². The Morgan fingerprint density at radius 1 is 1.40 bits per heavy atom. The molecule has 1 aliphatic heterocycles. The van der Waals surface area contributed by atoms with Gasteiger partial charge in [0.1, 0.15) is 6.10 Å². The number of hydrogen-bond acceptors (Lipinski definition) is 3. The highest BCUT2D eigenvalue weighted by Gasteiger charge is 2.47. The van der Waals surface area contributed by atoms with E-state index >= 15 is 0 Å². The summed E-state index contributed by atoms with van der Waals surface area (Å²) in [4.78, 5) is 21.6. The Morgan fingerprint density at radius 3 is 2.00 bits per heavy atom. The van der Waals surface area contributed by atoms with Crippen molar-refractivity contribution in [2.75, 3.05) is 0 Å². The van der Waals surface area contributed by atoms with Gasteiger partial charge in [-0.25, -0.2) is 4.79 Å². The second kappa shape index (κ2) is 1.81. The van der Waals surface area contributed by atoms with E-state index in [2.05, 4.69) is 0 Å². The zero-order chi connectivity index (χ0) is 7.94. The monoisotopic (exact) mass is 142 g/mol. The first kappa shape index (κ1) is 7.25. The Balaban J connectivity index is 2.96. The van der Waals surface area contributed by atoms with E-state index in [9.17, 15) is 9.59 Å². The van der Waals surface area contributed by atoms with Crippen molar-refractivity contribution in [3.05, 3.63) is 0 Å². The van der Waals surface area contributed by atoms with E-state index in [-0.39, 0.29) is 6.10 Å². The summed E-state index contributed by atoms with van der Waals surface area (Å²) in [6.45, 7) is 5.15. The lowest BCUT2D eigenvalue weighted by atomic mass is 9.85. The average Bonchev–Trinajstić information content (AvgIpc) is 1.97. The maximum atomic E-state index is 11.0. The Bertz CT molecular complexity index is 193. The number of Topliss-reactive ketones (excluding diaryl/α,β-unsaturated/α-hetero) is 1. The lowest BCUT2D eigenvalue weighted by Gasteiger charge is -2.16. The quantitative estimate of drug-likeness (QED) is 0.366. The molecule has 10 heavy (non-hydrogen) atoms. The number of ketones is 1. The van der Waals surface area contributed by atoms with Gasteiger partial charge in [0.25, 0.3) is 0 Å². The van der Waals surface area contributed by atoms with Gasteiger partial charge in [-0.2, -0.15) is 0 Å². The third kappa shape index (κ3) is 0.735. The van der Waals surface area contributed by atoms with Gasteiger partial charge < -0.3 is 4.74 Å². The standard InChI is InChI=1S/C7H10O3/c1-4-7(2,3)5(8)6(9)10-4/h4H,1-3H3. The van der Waals surface area contributed by atoms with Crippen molar-refractivity contribution in [1.29, 1.82) is 0 Å². The van der Waals surface area contributed by atoms with E-state index in [4.69, 9.17) is 4.74 Å². The highest BCUT2D eigenvalue weighted by atomic mass is 16.6. The Labute approximate surface area is 59.4 Å². The minimum absolute atomic E-state index is 0.285. The fourth-order valence-electron chi connectivity index (χ4n) is 0.809. The van der Waals surface area contributed by atoms with Gasteiger partial charge in [0.2, 0.25) is 5.78 Å². The number of cyclic esters (lactones) is 1. The van der Waals surface area contributed by atoms with Crippen LogP contribution < -0.4 is 0 Å². The van der Waals surface area contributed by atoms with Gasteiger partial charge >= 0.3 is 5.97 Å². The molecule has 56 valence electrons. The molecule has 0 radical (unpaired) electrons. The molecule has 0 spiro atoms. The highest BCUT2D eigenvalue weighted by Crippen LogP contribution is 2.30. The molecule has 0 N–H and O–H groups in total. The van der Waals surface area contributed by atoms with Gasteiger partial charge in [0.15, 0.2) is 0 Å². The summed E-state index contributed by atoms with van der Waals surface area (Å²) in [5, 5.41) is 0. The number of esters is 1. The predicted molar refractivity (Wildman–Crippen MR) is 34.3 cm³/mol. The molecule has 0 amide bonds. The van der Waals surface area contributed by atoms with Gasteiger partial charge in [-0.05, 0) is 20.8 Å². The molecule has 1 saturated heterocycles. The fraction of sp³-hybridized carbons (Fsp3) is 0.714.